The first-order chi connectivity index (χ1) is 17.5. The number of rotatable bonds is 6. The summed E-state index contributed by atoms with van der Waals surface area (Å²) in [5, 5.41) is 9.86. The van der Waals surface area contributed by atoms with Gasteiger partial charge in [0.15, 0.2) is 17.6 Å². The number of H-pyrrole nitrogens is 1. The highest BCUT2D eigenvalue weighted by atomic mass is 32.2. The van der Waals surface area contributed by atoms with Gasteiger partial charge in [-0.05, 0) is 55.9 Å². The molecule has 0 spiro atoms. The minimum atomic E-state index is -4.41. The normalized spacial score (nSPS) is 17.6. The van der Waals surface area contributed by atoms with Gasteiger partial charge in [0.25, 0.3) is 15.9 Å². The van der Waals surface area contributed by atoms with Crippen LogP contribution in [0.5, 0.6) is 5.88 Å². The van der Waals surface area contributed by atoms with Gasteiger partial charge < -0.3 is 10.1 Å². The summed E-state index contributed by atoms with van der Waals surface area (Å²) in [6.45, 7) is 1.54. The van der Waals surface area contributed by atoms with Crippen molar-refractivity contribution in [3.8, 4) is 17.3 Å². The van der Waals surface area contributed by atoms with Gasteiger partial charge >= 0.3 is 0 Å². The molecular formula is C23H20F4N6O3S. The van der Waals surface area contributed by atoms with E-state index in [2.05, 4.69) is 30.2 Å². The topological polar surface area (TPSA) is 122 Å². The van der Waals surface area contributed by atoms with Crippen molar-refractivity contribution in [2.45, 2.75) is 30.3 Å². The molecule has 1 saturated heterocycles. The maximum Gasteiger partial charge on any atom is 0.296 e. The Bertz CT molecular complexity index is 1580. The number of halogens is 4. The standard InChI is InChI=1S/C23H20F4N6O3S/c1-12-19-21(32-31-12)29-20(30-22(19)36-18-8-9-28-11-23(18,26)27)13-2-5-15(6-3-13)33-37(34,35)17-10-14(24)4-7-16(17)25/h2-7,10,18,28,33H,8-9,11H2,1H3,(H,29,30,31,32). The third kappa shape index (κ3) is 4.93. The molecule has 3 N–H and O–H groups in total. The van der Waals surface area contributed by atoms with Gasteiger partial charge in [0, 0.05) is 23.4 Å². The van der Waals surface area contributed by atoms with Gasteiger partial charge in [-0.1, -0.05) is 0 Å². The Labute approximate surface area is 208 Å². The van der Waals surface area contributed by atoms with Crippen LogP contribution in [0.1, 0.15) is 12.1 Å². The van der Waals surface area contributed by atoms with E-state index in [0.29, 0.717) is 29.3 Å². The van der Waals surface area contributed by atoms with Crippen molar-refractivity contribution in [1.29, 1.82) is 0 Å². The van der Waals surface area contributed by atoms with E-state index in [0.717, 1.165) is 12.1 Å². The molecule has 1 aliphatic heterocycles. The lowest BCUT2D eigenvalue weighted by Crippen LogP contribution is -2.52. The summed E-state index contributed by atoms with van der Waals surface area (Å²) >= 11 is 0. The van der Waals surface area contributed by atoms with Crippen molar-refractivity contribution in [3.05, 3.63) is 59.8 Å². The van der Waals surface area contributed by atoms with E-state index in [1.807, 2.05) is 0 Å². The smallest absolute Gasteiger partial charge is 0.296 e. The highest BCUT2D eigenvalue weighted by Gasteiger charge is 2.44. The fourth-order valence-electron chi connectivity index (χ4n) is 3.92. The van der Waals surface area contributed by atoms with Crippen molar-refractivity contribution >= 4 is 26.7 Å². The Morgan fingerprint density at radius 3 is 2.59 bits per heavy atom. The van der Waals surface area contributed by atoms with Gasteiger partial charge in [0.1, 0.15) is 21.9 Å². The summed E-state index contributed by atoms with van der Waals surface area (Å²) in [4.78, 5) is 7.89. The summed E-state index contributed by atoms with van der Waals surface area (Å²) in [6.07, 6.45) is -1.32. The maximum atomic E-state index is 14.4. The minimum absolute atomic E-state index is 0.0517. The lowest BCUT2D eigenvalue weighted by atomic mass is 10.1. The SMILES string of the molecule is Cc1[nH]nc2nc(-c3ccc(NS(=O)(=O)c4cc(F)ccc4F)cc3)nc(OC3CCNCC3(F)F)c12. The number of benzene rings is 2. The number of fused-ring (bicyclic) bond motifs is 1. The number of aryl methyl sites for hydroxylation is 1. The first-order valence-electron chi connectivity index (χ1n) is 11.1. The summed E-state index contributed by atoms with van der Waals surface area (Å²) in [5.74, 6) is -5.05. The second kappa shape index (κ2) is 9.27. The molecule has 9 nitrogen and oxygen atoms in total. The Morgan fingerprint density at radius 1 is 1.11 bits per heavy atom. The molecule has 4 aromatic rings. The second-order valence-electron chi connectivity index (χ2n) is 8.49. The number of ether oxygens (including phenoxy) is 1. The van der Waals surface area contributed by atoms with E-state index in [-0.39, 0.29) is 29.5 Å². The van der Waals surface area contributed by atoms with Gasteiger partial charge in [-0.15, -0.1) is 0 Å². The predicted octanol–water partition coefficient (Wildman–Crippen LogP) is 3.78. The van der Waals surface area contributed by atoms with E-state index >= 15 is 0 Å². The number of aromatic amines is 1. The molecule has 5 rings (SSSR count). The molecule has 1 unspecified atom stereocenters. The number of hydrogen-bond acceptors (Lipinski definition) is 7. The van der Waals surface area contributed by atoms with Crippen LogP contribution in [0.3, 0.4) is 0 Å². The predicted molar refractivity (Wildman–Crippen MR) is 126 cm³/mol. The van der Waals surface area contributed by atoms with Crippen LogP contribution in [0.25, 0.3) is 22.4 Å². The Kier molecular flexibility index (Phi) is 6.23. The maximum absolute atomic E-state index is 14.4. The molecule has 0 bridgehead atoms. The summed E-state index contributed by atoms with van der Waals surface area (Å²) < 4.78 is 89.1. The van der Waals surface area contributed by atoms with Gasteiger partial charge in [0.05, 0.1) is 6.54 Å². The molecule has 1 fully saturated rings. The van der Waals surface area contributed by atoms with Crippen LogP contribution >= 0.6 is 0 Å². The molecule has 2 aromatic heterocycles. The Morgan fingerprint density at radius 2 is 1.86 bits per heavy atom. The average Bonchev–Trinajstić information content (AvgIpc) is 3.23. The van der Waals surface area contributed by atoms with Crippen molar-refractivity contribution in [3.63, 3.8) is 0 Å². The number of anilines is 1. The van der Waals surface area contributed by atoms with E-state index in [1.165, 1.54) is 24.3 Å². The molecular weight excluding hydrogens is 516 g/mol. The number of nitrogens with zero attached hydrogens (tertiary/aromatic N) is 3. The van der Waals surface area contributed by atoms with Crippen LogP contribution in [0.2, 0.25) is 0 Å². The number of nitrogens with one attached hydrogen (secondary N) is 3. The molecule has 0 saturated carbocycles. The van der Waals surface area contributed by atoms with Crippen LogP contribution < -0.4 is 14.8 Å². The fourth-order valence-corrected chi connectivity index (χ4v) is 5.07. The highest BCUT2D eigenvalue weighted by Crippen LogP contribution is 2.33. The molecule has 37 heavy (non-hydrogen) atoms. The Hall–Kier alpha value is -3.78. The monoisotopic (exact) mass is 536 g/mol. The molecule has 0 aliphatic carbocycles. The Balaban J connectivity index is 1.45. The molecule has 2 aromatic carbocycles. The quantitative estimate of drug-likeness (QED) is 0.321. The van der Waals surface area contributed by atoms with E-state index in [1.54, 1.807) is 6.92 Å². The second-order valence-corrected chi connectivity index (χ2v) is 10.1. The largest absolute Gasteiger partial charge is 0.467 e. The number of sulfonamides is 1. The lowest BCUT2D eigenvalue weighted by Gasteiger charge is -2.31. The summed E-state index contributed by atoms with van der Waals surface area (Å²) in [5.41, 5.74) is 1.23. The molecule has 14 heteroatoms. The lowest BCUT2D eigenvalue weighted by molar-refractivity contribution is -0.109. The fraction of sp³-hybridized carbons (Fsp3) is 0.261. The third-order valence-electron chi connectivity index (χ3n) is 5.81. The van der Waals surface area contributed by atoms with Crippen LogP contribution in [0, 0.1) is 18.6 Å². The first kappa shape index (κ1) is 24.9. The van der Waals surface area contributed by atoms with Crippen LogP contribution in [0.15, 0.2) is 47.4 Å². The van der Waals surface area contributed by atoms with Crippen LogP contribution in [-0.2, 0) is 10.0 Å². The molecule has 1 atom stereocenters. The first-order valence-corrected chi connectivity index (χ1v) is 12.6. The van der Waals surface area contributed by atoms with E-state index in [9.17, 15) is 26.0 Å². The number of aromatic nitrogens is 4. The third-order valence-corrected chi connectivity index (χ3v) is 7.20. The van der Waals surface area contributed by atoms with Gasteiger partial charge in [-0.2, -0.15) is 10.1 Å². The summed E-state index contributed by atoms with van der Waals surface area (Å²) in [6, 6.07) is 7.80. The van der Waals surface area contributed by atoms with E-state index in [4.69, 9.17) is 4.74 Å². The highest BCUT2D eigenvalue weighted by molar-refractivity contribution is 7.92. The van der Waals surface area contributed by atoms with Crippen molar-refractivity contribution < 1.29 is 30.7 Å². The number of alkyl halides is 2. The zero-order chi connectivity index (χ0) is 26.4. The van der Waals surface area contributed by atoms with Gasteiger partial charge in [-0.3, -0.25) is 9.82 Å². The molecule has 3 heterocycles. The number of hydrogen-bond donors (Lipinski definition) is 3. The van der Waals surface area contributed by atoms with E-state index < -0.39 is 45.1 Å². The summed E-state index contributed by atoms with van der Waals surface area (Å²) in [7, 11) is -4.41. The average molecular weight is 537 g/mol. The molecule has 194 valence electrons. The minimum Gasteiger partial charge on any atom is -0.467 e. The van der Waals surface area contributed by atoms with Crippen molar-refractivity contribution in [1.82, 2.24) is 25.5 Å². The molecule has 0 radical (unpaired) electrons. The zero-order valence-electron chi connectivity index (χ0n) is 19.2. The van der Waals surface area contributed by atoms with Crippen molar-refractivity contribution in [2.24, 2.45) is 0 Å². The van der Waals surface area contributed by atoms with Gasteiger partial charge in [-0.25, -0.2) is 31.0 Å². The number of piperidine rings is 1. The molecule has 1 aliphatic rings. The van der Waals surface area contributed by atoms with Crippen LogP contribution in [0.4, 0.5) is 23.2 Å². The molecule has 0 amide bonds. The van der Waals surface area contributed by atoms with Crippen molar-refractivity contribution in [2.75, 3.05) is 17.8 Å². The zero-order valence-corrected chi connectivity index (χ0v) is 20.0. The van der Waals surface area contributed by atoms with Gasteiger partial charge in [0.2, 0.25) is 5.88 Å². The van der Waals surface area contributed by atoms with Crippen LogP contribution in [-0.4, -0.2) is 53.7 Å².